The molecule has 2 saturated heterocycles. The molecule has 3 heterocycles. The standard InChI is InChI=1S/C20H25N3O4/c1-13-5-2-3-9-22(13)18(24)12-27-20(26)14-7-8-16-15(11-14)21-19(25)17-6-4-10-23(16)17/h7-8,11,13,17H,2-6,9-10,12H2,1H3,(H,21,25)/t13-,17+/m1/s1. The van der Waals surface area contributed by atoms with Gasteiger partial charge in [-0.2, -0.15) is 0 Å². The van der Waals surface area contributed by atoms with E-state index in [0.717, 1.165) is 50.9 Å². The third-order valence-electron chi connectivity index (χ3n) is 5.81. The smallest absolute Gasteiger partial charge is 0.338 e. The second-order valence-corrected chi connectivity index (χ2v) is 7.58. The molecule has 3 aliphatic heterocycles. The van der Waals surface area contributed by atoms with Gasteiger partial charge in [-0.15, -0.1) is 0 Å². The average molecular weight is 371 g/mol. The Hall–Kier alpha value is -2.57. The Morgan fingerprint density at radius 1 is 1.19 bits per heavy atom. The summed E-state index contributed by atoms with van der Waals surface area (Å²) in [5, 5.41) is 2.89. The van der Waals surface area contributed by atoms with Crippen LogP contribution in [0.1, 0.15) is 49.4 Å². The molecular weight excluding hydrogens is 346 g/mol. The van der Waals surface area contributed by atoms with E-state index in [1.54, 1.807) is 17.0 Å². The van der Waals surface area contributed by atoms with E-state index < -0.39 is 5.97 Å². The number of benzene rings is 1. The molecule has 7 nitrogen and oxygen atoms in total. The number of hydrogen-bond acceptors (Lipinski definition) is 5. The van der Waals surface area contributed by atoms with Gasteiger partial charge in [-0.1, -0.05) is 0 Å². The lowest BCUT2D eigenvalue weighted by Gasteiger charge is -2.33. The van der Waals surface area contributed by atoms with Crippen LogP contribution in [0.3, 0.4) is 0 Å². The quantitative estimate of drug-likeness (QED) is 0.824. The number of piperidine rings is 1. The highest BCUT2D eigenvalue weighted by atomic mass is 16.5. The number of amides is 2. The summed E-state index contributed by atoms with van der Waals surface area (Å²) in [4.78, 5) is 40.8. The van der Waals surface area contributed by atoms with Crippen molar-refractivity contribution in [2.75, 3.05) is 29.9 Å². The molecular formula is C20H25N3O4. The van der Waals surface area contributed by atoms with Crippen molar-refractivity contribution in [3.63, 3.8) is 0 Å². The lowest BCUT2D eigenvalue weighted by Crippen LogP contribution is -2.44. The maximum atomic E-state index is 12.4. The van der Waals surface area contributed by atoms with Crippen molar-refractivity contribution in [2.24, 2.45) is 0 Å². The van der Waals surface area contributed by atoms with Gasteiger partial charge in [0.25, 0.3) is 5.91 Å². The second kappa shape index (κ2) is 7.21. The first kappa shape index (κ1) is 17.8. The maximum Gasteiger partial charge on any atom is 0.338 e. The van der Waals surface area contributed by atoms with Gasteiger partial charge in [-0.05, 0) is 57.2 Å². The minimum absolute atomic E-state index is 0.0280. The first-order valence-corrected chi connectivity index (χ1v) is 9.73. The van der Waals surface area contributed by atoms with Gasteiger partial charge in [0.1, 0.15) is 6.04 Å². The van der Waals surface area contributed by atoms with E-state index in [4.69, 9.17) is 4.74 Å². The summed E-state index contributed by atoms with van der Waals surface area (Å²) >= 11 is 0. The Balaban J connectivity index is 1.42. The largest absolute Gasteiger partial charge is 0.452 e. The summed E-state index contributed by atoms with van der Waals surface area (Å²) in [5.41, 5.74) is 1.90. The molecule has 1 aromatic rings. The molecule has 144 valence electrons. The molecule has 0 spiro atoms. The van der Waals surface area contributed by atoms with E-state index in [2.05, 4.69) is 10.2 Å². The fraction of sp³-hybridized carbons (Fsp3) is 0.550. The lowest BCUT2D eigenvalue weighted by molar-refractivity contribution is -0.137. The van der Waals surface area contributed by atoms with Crippen LogP contribution in [0.15, 0.2) is 18.2 Å². The van der Waals surface area contributed by atoms with E-state index in [9.17, 15) is 14.4 Å². The minimum Gasteiger partial charge on any atom is -0.452 e. The van der Waals surface area contributed by atoms with E-state index in [-0.39, 0.29) is 30.5 Å². The van der Waals surface area contributed by atoms with Crippen LogP contribution < -0.4 is 10.2 Å². The Bertz CT molecular complexity index is 778. The fourth-order valence-electron chi connectivity index (χ4n) is 4.32. The summed E-state index contributed by atoms with van der Waals surface area (Å²) in [6.45, 7) is 3.34. The van der Waals surface area contributed by atoms with Gasteiger partial charge >= 0.3 is 5.97 Å². The van der Waals surface area contributed by atoms with Crippen molar-refractivity contribution in [2.45, 2.75) is 51.1 Å². The predicted molar refractivity (Wildman–Crippen MR) is 101 cm³/mol. The summed E-state index contributed by atoms with van der Waals surface area (Å²) in [6, 6.07) is 5.26. The average Bonchev–Trinajstić information content (AvgIpc) is 3.16. The van der Waals surface area contributed by atoms with Gasteiger partial charge in [-0.25, -0.2) is 4.79 Å². The molecule has 7 heteroatoms. The van der Waals surface area contributed by atoms with Gasteiger partial charge in [0, 0.05) is 19.1 Å². The predicted octanol–water partition coefficient (Wildman–Crippen LogP) is 2.17. The Labute approximate surface area is 158 Å². The molecule has 0 unspecified atom stereocenters. The number of fused-ring (bicyclic) bond motifs is 3. The van der Waals surface area contributed by atoms with E-state index >= 15 is 0 Å². The van der Waals surface area contributed by atoms with Crippen LogP contribution in [0.4, 0.5) is 11.4 Å². The fourth-order valence-corrected chi connectivity index (χ4v) is 4.32. The molecule has 1 N–H and O–H groups in total. The Kier molecular flexibility index (Phi) is 4.76. The molecule has 4 rings (SSSR count). The van der Waals surface area contributed by atoms with Crippen molar-refractivity contribution in [1.82, 2.24) is 4.90 Å². The minimum atomic E-state index is -0.548. The van der Waals surface area contributed by atoms with Gasteiger partial charge in [0.15, 0.2) is 6.61 Å². The number of anilines is 2. The van der Waals surface area contributed by atoms with Crippen molar-refractivity contribution < 1.29 is 19.1 Å². The Morgan fingerprint density at radius 3 is 2.85 bits per heavy atom. The first-order valence-electron chi connectivity index (χ1n) is 9.73. The van der Waals surface area contributed by atoms with Crippen LogP contribution in [0.25, 0.3) is 0 Å². The van der Waals surface area contributed by atoms with E-state index in [1.807, 2.05) is 13.0 Å². The second-order valence-electron chi connectivity index (χ2n) is 7.58. The SMILES string of the molecule is C[C@@H]1CCCCN1C(=O)COC(=O)c1ccc2c(c1)NC(=O)[C@@H]1CCCN21. The summed E-state index contributed by atoms with van der Waals surface area (Å²) in [5.74, 6) is -0.727. The van der Waals surface area contributed by atoms with Crippen LogP contribution >= 0.6 is 0 Å². The van der Waals surface area contributed by atoms with Gasteiger partial charge in [0.2, 0.25) is 5.91 Å². The van der Waals surface area contributed by atoms with Gasteiger partial charge in [-0.3, -0.25) is 9.59 Å². The van der Waals surface area contributed by atoms with Crippen molar-refractivity contribution in [3.8, 4) is 0 Å². The summed E-state index contributed by atoms with van der Waals surface area (Å²) in [6.07, 6.45) is 4.95. The number of hydrogen-bond donors (Lipinski definition) is 1. The van der Waals surface area contributed by atoms with Crippen LogP contribution in [0, 0.1) is 0 Å². The molecule has 0 radical (unpaired) electrons. The highest BCUT2D eigenvalue weighted by Gasteiger charge is 2.36. The van der Waals surface area contributed by atoms with Crippen molar-refractivity contribution in [3.05, 3.63) is 23.8 Å². The van der Waals surface area contributed by atoms with Crippen LogP contribution in [0.2, 0.25) is 0 Å². The molecule has 3 aliphatic rings. The lowest BCUT2D eigenvalue weighted by atomic mass is 10.0. The number of nitrogens with one attached hydrogen (secondary N) is 1. The zero-order valence-corrected chi connectivity index (χ0v) is 15.6. The summed E-state index contributed by atoms with van der Waals surface area (Å²) in [7, 11) is 0. The van der Waals surface area contributed by atoms with E-state index in [0.29, 0.717) is 11.3 Å². The van der Waals surface area contributed by atoms with Gasteiger partial charge in [0.05, 0.1) is 16.9 Å². The van der Waals surface area contributed by atoms with E-state index in [1.165, 1.54) is 0 Å². The zero-order chi connectivity index (χ0) is 19.0. The molecule has 0 aromatic heterocycles. The zero-order valence-electron chi connectivity index (χ0n) is 15.6. The summed E-state index contributed by atoms with van der Waals surface area (Å²) < 4.78 is 5.24. The number of esters is 1. The maximum absolute atomic E-state index is 12.4. The number of carbonyl (C=O) groups excluding carboxylic acids is 3. The number of ether oxygens (including phenoxy) is 1. The monoisotopic (exact) mass is 371 g/mol. The third-order valence-corrected chi connectivity index (χ3v) is 5.81. The number of rotatable bonds is 3. The molecule has 0 aliphatic carbocycles. The Morgan fingerprint density at radius 2 is 2.04 bits per heavy atom. The van der Waals surface area contributed by atoms with Crippen LogP contribution in [0.5, 0.6) is 0 Å². The molecule has 27 heavy (non-hydrogen) atoms. The molecule has 0 saturated carbocycles. The number of nitrogens with zero attached hydrogens (tertiary/aromatic N) is 2. The molecule has 0 bridgehead atoms. The molecule has 2 amide bonds. The number of carbonyl (C=O) groups is 3. The molecule has 2 atom stereocenters. The number of likely N-dealkylation sites (tertiary alicyclic amines) is 1. The molecule has 2 fully saturated rings. The normalized spacial score (nSPS) is 24.1. The van der Waals surface area contributed by atoms with Gasteiger partial charge < -0.3 is 19.9 Å². The van der Waals surface area contributed by atoms with Crippen molar-refractivity contribution >= 4 is 29.2 Å². The van der Waals surface area contributed by atoms with Crippen LogP contribution in [-0.4, -0.2) is 54.5 Å². The highest BCUT2D eigenvalue weighted by molar-refractivity contribution is 6.05. The topological polar surface area (TPSA) is 79.0 Å². The first-order chi connectivity index (χ1) is 13.0. The highest BCUT2D eigenvalue weighted by Crippen LogP contribution is 2.37. The third kappa shape index (κ3) is 3.38. The van der Waals surface area contributed by atoms with Crippen molar-refractivity contribution in [1.29, 1.82) is 0 Å². The van der Waals surface area contributed by atoms with Crippen LogP contribution in [-0.2, 0) is 14.3 Å². The molecule has 1 aromatic carbocycles.